The van der Waals surface area contributed by atoms with E-state index in [0.717, 1.165) is 18.8 Å². The molecule has 0 aromatic heterocycles. The molecule has 2 aliphatic rings. The van der Waals surface area contributed by atoms with E-state index in [1.807, 2.05) is 0 Å². The van der Waals surface area contributed by atoms with Gasteiger partial charge in [0, 0.05) is 6.04 Å². The highest BCUT2D eigenvalue weighted by Gasteiger charge is 2.21. The maximum Gasteiger partial charge on any atom is 0.0555 e. The lowest BCUT2D eigenvalue weighted by atomic mass is 9.92. The monoisotopic (exact) mass is 215 g/mol. The van der Waals surface area contributed by atoms with Crippen LogP contribution in [0.25, 0.3) is 0 Å². The molecule has 1 aliphatic heterocycles. The van der Waals surface area contributed by atoms with Gasteiger partial charge in [-0.15, -0.1) is 0 Å². The Labute approximate surface area is 90.8 Å². The predicted octanol–water partition coefficient (Wildman–Crippen LogP) is 1.63. The highest BCUT2D eigenvalue weighted by Crippen LogP contribution is 2.24. The Morgan fingerprint density at radius 2 is 2.21 bits per heavy atom. The molecule has 2 rings (SSSR count). The zero-order valence-electron chi connectivity index (χ0n) is 8.74. The van der Waals surface area contributed by atoms with E-state index in [9.17, 15) is 5.11 Å². The molecule has 0 radical (unpaired) electrons. The van der Waals surface area contributed by atoms with Crippen molar-refractivity contribution < 1.29 is 5.11 Å². The molecule has 0 aromatic rings. The molecular formula is C11H21NOS. The van der Waals surface area contributed by atoms with Gasteiger partial charge >= 0.3 is 0 Å². The summed E-state index contributed by atoms with van der Waals surface area (Å²) in [5, 5.41) is 13.1. The number of hydrogen-bond acceptors (Lipinski definition) is 3. The highest BCUT2D eigenvalue weighted by molar-refractivity contribution is 7.99. The summed E-state index contributed by atoms with van der Waals surface area (Å²) in [6, 6.07) is 0.587. The second kappa shape index (κ2) is 5.38. The highest BCUT2D eigenvalue weighted by atomic mass is 32.2. The van der Waals surface area contributed by atoms with Gasteiger partial charge in [0.05, 0.1) is 6.10 Å². The molecule has 3 atom stereocenters. The van der Waals surface area contributed by atoms with Crippen LogP contribution in [-0.2, 0) is 0 Å². The predicted molar refractivity (Wildman–Crippen MR) is 61.7 cm³/mol. The molecule has 1 saturated heterocycles. The summed E-state index contributed by atoms with van der Waals surface area (Å²) in [4.78, 5) is 0. The van der Waals surface area contributed by atoms with Gasteiger partial charge < -0.3 is 10.4 Å². The molecule has 0 bridgehead atoms. The van der Waals surface area contributed by atoms with Crippen molar-refractivity contribution in [3.63, 3.8) is 0 Å². The zero-order chi connectivity index (χ0) is 9.80. The van der Waals surface area contributed by atoms with Gasteiger partial charge in [0.25, 0.3) is 0 Å². The lowest BCUT2D eigenvalue weighted by Crippen LogP contribution is -2.38. The van der Waals surface area contributed by atoms with Gasteiger partial charge in [0.1, 0.15) is 0 Å². The molecule has 1 heterocycles. The van der Waals surface area contributed by atoms with Crippen molar-refractivity contribution in [1.29, 1.82) is 0 Å². The van der Waals surface area contributed by atoms with Crippen LogP contribution in [0.15, 0.2) is 0 Å². The van der Waals surface area contributed by atoms with Crippen LogP contribution in [0, 0.1) is 5.92 Å². The average molecular weight is 215 g/mol. The van der Waals surface area contributed by atoms with Crippen LogP contribution in [0.5, 0.6) is 0 Å². The summed E-state index contributed by atoms with van der Waals surface area (Å²) in [6.07, 6.45) is 5.78. The normalized spacial score (nSPS) is 38.8. The number of thioether (sulfide) groups is 1. The Morgan fingerprint density at radius 1 is 1.29 bits per heavy atom. The largest absolute Gasteiger partial charge is 0.393 e. The Bertz CT molecular complexity index is 171. The summed E-state index contributed by atoms with van der Waals surface area (Å²) >= 11 is 2.08. The van der Waals surface area contributed by atoms with Gasteiger partial charge in [0.15, 0.2) is 0 Å². The minimum atomic E-state index is -0.0424. The summed E-state index contributed by atoms with van der Waals surface area (Å²) in [5.41, 5.74) is 0. The number of aliphatic hydroxyl groups excluding tert-OH is 1. The Morgan fingerprint density at radius 3 is 2.93 bits per heavy atom. The van der Waals surface area contributed by atoms with Crippen LogP contribution in [0.3, 0.4) is 0 Å². The molecule has 82 valence electrons. The topological polar surface area (TPSA) is 32.3 Å². The average Bonchev–Trinajstić information content (AvgIpc) is 2.67. The van der Waals surface area contributed by atoms with Crippen molar-refractivity contribution in [2.24, 2.45) is 5.92 Å². The summed E-state index contributed by atoms with van der Waals surface area (Å²) in [5.74, 6) is 3.57. The van der Waals surface area contributed by atoms with Gasteiger partial charge in [0.2, 0.25) is 0 Å². The van der Waals surface area contributed by atoms with Crippen LogP contribution in [-0.4, -0.2) is 35.3 Å². The first-order valence-corrected chi connectivity index (χ1v) is 6.99. The summed E-state index contributed by atoms with van der Waals surface area (Å²) < 4.78 is 0. The lowest BCUT2D eigenvalue weighted by Gasteiger charge is -2.27. The Hall–Kier alpha value is 0.270. The van der Waals surface area contributed by atoms with E-state index in [2.05, 4.69) is 17.1 Å². The Balaban J connectivity index is 1.64. The van der Waals surface area contributed by atoms with Gasteiger partial charge in [-0.1, -0.05) is 0 Å². The minimum absolute atomic E-state index is 0.0424. The van der Waals surface area contributed by atoms with Crippen molar-refractivity contribution in [1.82, 2.24) is 5.32 Å². The lowest BCUT2D eigenvalue weighted by molar-refractivity contribution is 0.111. The molecule has 14 heavy (non-hydrogen) atoms. The first-order valence-electron chi connectivity index (χ1n) is 5.84. The third-order valence-electron chi connectivity index (χ3n) is 3.37. The standard InChI is InChI=1S/C11H21NOS/c13-11-3-1-2-10(6-11)12-7-9-4-5-14-8-9/h9-13H,1-8H2/t9?,10-,11+/m0/s1. The smallest absolute Gasteiger partial charge is 0.0555 e. The van der Waals surface area contributed by atoms with Crippen molar-refractivity contribution in [2.45, 2.75) is 44.2 Å². The van der Waals surface area contributed by atoms with Crippen LogP contribution < -0.4 is 5.32 Å². The van der Waals surface area contributed by atoms with Crippen LogP contribution in [0.1, 0.15) is 32.1 Å². The fraction of sp³-hybridized carbons (Fsp3) is 1.00. The SMILES string of the molecule is O[C@@H]1CCC[C@H](NCC2CCSC2)C1. The first kappa shape index (κ1) is 10.8. The van der Waals surface area contributed by atoms with E-state index in [1.54, 1.807) is 0 Å². The second-order valence-electron chi connectivity index (χ2n) is 4.66. The van der Waals surface area contributed by atoms with E-state index in [4.69, 9.17) is 0 Å². The number of aliphatic hydroxyl groups is 1. The van der Waals surface area contributed by atoms with Crippen molar-refractivity contribution in [3.8, 4) is 0 Å². The van der Waals surface area contributed by atoms with Crippen LogP contribution in [0.2, 0.25) is 0 Å². The van der Waals surface area contributed by atoms with E-state index < -0.39 is 0 Å². The van der Waals surface area contributed by atoms with Crippen LogP contribution >= 0.6 is 11.8 Å². The molecular weight excluding hydrogens is 194 g/mol. The molecule has 0 aromatic carbocycles. The van der Waals surface area contributed by atoms with Gasteiger partial charge in [-0.3, -0.25) is 0 Å². The second-order valence-corrected chi connectivity index (χ2v) is 5.81. The quantitative estimate of drug-likeness (QED) is 0.750. The van der Waals surface area contributed by atoms with Crippen molar-refractivity contribution in [3.05, 3.63) is 0 Å². The van der Waals surface area contributed by atoms with Gasteiger partial charge in [-0.25, -0.2) is 0 Å². The fourth-order valence-electron chi connectivity index (χ4n) is 2.43. The summed E-state index contributed by atoms with van der Waals surface area (Å²) in [6.45, 7) is 1.17. The number of hydrogen-bond donors (Lipinski definition) is 2. The van der Waals surface area contributed by atoms with Crippen LogP contribution in [0.4, 0.5) is 0 Å². The Kier molecular flexibility index (Phi) is 4.14. The molecule has 0 spiro atoms. The molecule has 1 unspecified atom stereocenters. The van der Waals surface area contributed by atoms with E-state index >= 15 is 0 Å². The van der Waals surface area contributed by atoms with Crippen molar-refractivity contribution in [2.75, 3.05) is 18.1 Å². The first-order chi connectivity index (χ1) is 6.84. The molecule has 2 nitrogen and oxygen atoms in total. The van der Waals surface area contributed by atoms with E-state index in [0.29, 0.717) is 6.04 Å². The molecule has 0 amide bonds. The maximum atomic E-state index is 9.53. The third kappa shape index (κ3) is 3.14. The molecule has 1 saturated carbocycles. The minimum Gasteiger partial charge on any atom is -0.393 e. The third-order valence-corrected chi connectivity index (χ3v) is 4.60. The van der Waals surface area contributed by atoms with E-state index in [-0.39, 0.29) is 6.10 Å². The molecule has 2 fully saturated rings. The van der Waals surface area contributed by atoms with E-state index in [1.165, 1.54) is 37.3 Å². The number of nitrogens with one attached hydrogen (secondary N) is 1. The molecule has 1 aliphatic carbocycles. The van der Waals surface area contributed by atoms with Crippen molar-refractivity contribution >= 4 is 11.8 Å². The maximum absolute atomic E-state index is 9.53. The fourth-order valence-corrected chi connectivity index (χ4v) is 3.71. The van der Waals surface area contributed by atoms with Gasteiger partial charge in [-0.05, 0) is 56.1 Å². The number of rotatable bonds is 3. The molecule has 2 N–H and O–H groups in total. The molecule has 3 heteroatoms. The zero-order valence-corrected chi connectivity index (χ0v) is 9.56. The van der Waals surface area contributed by atoms with Gasteiger partial charge in [-0.2, -0.15) is 11.8 Å². The summed E-state index contributed by atoms with van der Waals surface area (Å²) in [7, 11) is 0.